The molecule has 0 atom stereocenters. The predicted molar refractivity (Wildman–Crippen MR) is 108 cm³/mol. The molecular formula is C21H19FN6O2. The molecule has 4 aromatic rings. The van der Waals surface area contributed by atoms with Gasteiger partial charge in [0.25, 0.3) is 0 Å². The summed E-state index contributed by atoms with van der Waals surface area (Å²) in [6.07, 6.45) is 2.98. The minimum Gasteiger partial charge on any atom is -0.494 e. The third-order valence-electron chi connectivity index (χ3n) is 4.66. The van der Waals surface area contributed by atoms with Crippen LogP contribution in [0.2, 0.25) is 0 Å². The first-order chi connectivity index (χ1) is 14.7. The smallest absolute Gasteiger partial charge is 0.316 e. The van der Waals surface area contributed by atoms with E-state index in [4.69, 9.17) is 9.47 Å². The average Bonchev–Trinajstić information content (AvgIpc) is 3.33. The first kappa shape index (κ1) is 19.4. The molecule has 0 unspecified atom stereocenters. The quantitative estimate of drug-likeness (QED) is 0.503. The number of tetrazole rings is 1. The number of aryl methyl sites for hydroxylation is 2. The van der Waals surface area contributed by atoms with E-state index in [2.05, 4.69) is 30.6 Å². The fourth-order valence-electron chi connectivity index (χ4n) is 3.16. The van der Waals surface area contributed by atoms with E-state index in [1.54, 1.807) is 12.3 Å². The molecule has 1 N–H and O–H groups in total. The maximum absolute atomic E-state index is 14.0. The molecule has 0 aliphatic rings. The molecule has 8 nitrogen and oxygen atoms in total. The Balaban J connectivity index is 1.65. The summed E-state index contributed by atoms with van der Waals surface area (Å²) in [4.78, 5) is 8.80. The van der Waals surface area contributed by atoms with Crippen molar-refractivity contribution in [1.29, 1.82) is 0 Å². The average molecular weight is 406 g/mol. The van der Waals surface area contributed by atoms with Crippen molar-refractivity contribution >= 4 is 0 Å². The zero-order valence-corrected chi connectivity index (χ0v) is 16.5. The van der Waals surface area contributed by atoms with Crippen molar-refractivity contribution in [2.24, 2.45) is 0 Å². The summed E-state index contributed by atoms with van der Waals surface area (Å²) in [5, 5.41) is 14.1. The van der Waals surface area contributed by atoms with Crippen LogP contribution in [0.4, 0.5) is 4.39 Å². The minimum absolute atomic E-state index is 0.227. The maximum Gasteiger partial charge on any atom is 0.316 e. The zero-order chi connectivity index (χ0) is 20.9. The highest BCUT2D eigenvalue weighted by Gasteiger charge is 2.13. The Morgan fingerprint density at radius 2 is 1.87 bits per heavy atom. The van der Waals surface area contributed by atoms with Crippen LogP contribution in [0.3, 0.4) is 0 Å². The van der Waals surface area contributed by atoms with Gasteiger partial charge in [-0.05, 0) is 47.4 Å². The second-order valence-corrected chi connectivity index (χ2v) is 6.52. The molecule has 0 radical (unpaired) electrons. The van der Waals surface area contributed by atoms with Gasteiger partial charge in [-0.15, -0.1) is 10.2 Å². The van der Waals surface area contributed by atoms with Gasteiger partial charge < -0.3 is 9.47 Å². The zero-order valence-electron chi connectivity index (χ0n) is 16.5. The third-order valence-corrected chi connectivity index (χ3v) is 4.66. The molecule has 0 spiro atoms. The van der Waals surface area contributed by atoms with E-state index in [0.29, 0.717) is 18.7 Å². The largest absolute Gasteiger partial charge is 0.494 e. The number of hydrogen-bond donors (Lipinski definition) is 1. The lowest BCUT2D eigenvalue weighted by molar-refractivity contribution is 0.380. The van der Waals surface area contributed by atoms with E-state index in [-0.39, 0.29) is 17.6 Å². The molecule has 0 saturated heterocycles. The van der Waals surface area contributed by atoms with Crippen LogP contribution in [0, 0.1) is 5.82 Å². The van der Waals surface area contributed by atoms with Crippen LogP contribution >= 0.6 is 0 Å². The van der Waals surface area contributed by atoms with E-state index in [0.717, 1.165) is 27.9 Å². The summed E-state index contributed by atoms with van der Waals surface area (Å²) >= 11 is 0. The van der Waals surface area contributed by atoms with Crippen molar-refractivity contribution in [2.45, 2.75) is 12.8 Å². The van der Waals surface area contributed by atoms with Gasteiger partial charge in [-0.25, -0.2) is 9.37 Å². The summed E-state index contributed by atoms with van der Waals surface area (Å²) < 4.78 is 24.2. The number of benzene rings is 2. The predicted octanol–water partition coefficient (Wildman–Crippen LogP) is 3.27. The summed E-state index contributed by atoms with van der Waals surface area (Å²) in [7, 11) is 2.97. The van der Waals surface area contributed by atoms with Crippen LogP contribution < -0.4 is 9.47 Å². The first-order valence-electron chi connectivity index (χ1n) is 9.24. The van der Waals surface area contributed by atoms with Crippen molar-refractivity contribution in [2.75, 3.05) is 14.2 Å². The fraction of sp³-hybridized carbons (Fsp3) is 0.190. The molecule has 30 heavy (non-hydrogen) atoms. The van der Waals surface area contributed by atoms with E-state index in [9.17, 15) is 4.39 Å². The van der Waals surface area contributed by atoms with Gasteiger partial charge in [-0.3, -0.25) is 0 Å². The molecule has 0 aliphatic heterocycles. The molecule has 0 amide bonds. The van der Waals surface area contributed by atoms with Gasteiger partial charge in [-0.2, -0.15) is 10.2 Å². The summed E-state index contributed by atoms with van der Waals surface area (Å²) in [5.74, 6) is 0.340. The molecule has 4 rings (SSSR count). The van der Waals surface area contributed by atoms with Crippen LogP contribution in [0.5, 0.6) is 11.8 Å². The number of hydrogen-bond acceptors (Lipinski definition) is 7. The molecule has 152 valence electrons. The molecule has 9 heteroatoms. The number of methoxy groups -OCH3 is 2. The summed E-state index contributed by atoms with van der Waals surface area (Å²) in [6.45, 7) is 0. The maximum atomic E-state index is 14.0. The van der Waals surface area contributed by atoms with E-state index >= 15 is 0 Å². The van der Waals surface area contributed by atoms with Gasteiger partial charge in [0.1, 0.15) is 0 Å². The van der Waals surface area contributed by atoms with Crippen molar-refractivity contribution in [3.8, 4) is 34.4 Å². The Kier molecular flexibility index (Phi) is 5.60. The van der Waals surface area contributed by atoms with Crippen molar-refractivity contribution in [3.63, 3.8) is 0 Å². The lowest BCUT2D eigenvalue weighted by Crippen LogP contribution is -2.02. The molecule has 2 aromatic heterocycles. The van der Waals surface area contributed by atoms with Gasteiger partial charge in [0, 0.05) is 17.3 Å². The minimum atomic E-state index is -0.381. The number of aromatic amines is 1. The summed E-state index contributed by atoms with van der Waals surface area (Å²) in [6, 6.07) is 12.9. The molecule has 2 heterocycles. The van der Waals surface area contributed by atoms with Crippen molar-refractivity contribution in [1.82, 2.24) is 30.6 Å². The normalized spacial score (nSPS) is 10.8. The van der Waals surface area contributed by atoms with Crippen LogP contribution in [-0.2, 0) is 12.8 Å². The number of nitrogens with zero attached hydrogens (tertiary/aromatic N) is 5. The molecular weight excluding hydrogens is 387 g/mol. The second-order valence-electron chi connectivity index (χ2n) is 6.52. The fourth-order valence-corrected chi connectivity index (χ4v) is 3.16. The Labute approximate surface area is 172 Å². The SMILES string of the molecule is COc1ncc(CCc2ccc(OC)c(F)c2)c(-c2cccc(-c3nn[nH]n3)c2)n1. The number of rotatable bonds is 7. The number of ether oxygens (including phenoxy) is 2. The Morgan fingerprint density at radius 1 is 1.00 bits per heavy atom. The molecule has 0 bridgehead atoms. The van der Waals surface area contributed by atoms with Crippen molar-refractivity contribution in [3.05, 3.63) is 65.6 Å². The number of halogens is 1. The van der Waals surface area contributed by atoms with E-state index in [1.165, 1.54) is 20.3 Å². The van der Waals surface area contributed by atoms with Crippen LogP contribution in [0.1, 0.15) is 11.1 Å². The van der Waals surface area contributed by atoms with Gasteiger partial charge in [0.15, 0.2) is 11.6 Å². The van der Waals surface area contributed by atoms with Gasteiger partial charge >= 0.3 is 6.01 Å². The lowest BCUT2D eigenvalue weighted by Gasteiger charge is -2.11. The molecule has 0 fully saturated rings. The van der Waals surface area contributed by atoms with E-state index in [1.807, 2.05) is 30.3 Å². The molecule has 0 aliphatic carbocycles. The van der Waals surface area contributed by atoms with E-state index < -0.39 is 0 Å². The number of H-pyrrole nitrogens is 1. The van der Waals surface area contributed by atoms with Crippen LogP contribution in [0.15, 0.2) is 48.7 Å². The standard InChI is InChI=1S/C21H19FN6O2/c1-29-18-9-7-13(10-17(18)22)6-8-16-12-23-21(30-2)24-19(16)14-4-3-5-15(11-14)20-25-27-28-26-20/h3-5,7,9-12H,6,8H2,1-2H3,(H,25,26,27,28). The van der Waals surface area contributed by atoms with Gasteiger partial charge in [0.2, 0.25) is 5.82 Å². The third kappa shape index (κ3) is 4.09. The van der Waals surface area contributed by atoms with Crippen LogP contribution in [0.25, 0.3) is 22.6 Å². The monoisotopic (exact) mass is 406 g/mol. The molecule has 2 aromatic carbocycles. The van der Waals surface area contributed by atoms with Crippen molar-refractivity contribution < 1.29 is 13.9 Å². The Morgan fingerprint density at radius 3 is 2.60 bits per heavy atom. The highest BCUT2D eigenvalue weighted by atomic mass is 19.1. The summed E-state index contributed by atoms with van der Waals surface area (Å²) in [5.41, 5.74) is 4.19. The highest BCUT2D eigenvalue weighted by Crippen LogP contribution is 2.28. The number of aromatic nitrogens is 6. The van der Waals surface area contributed by atoms with Gasteiger partial charge in [0.05, 0.1) is 19.9 Å². The lowest BCUT2D eigenvalue weighted by atomic mass is 9.99. The molecule has 0 saturated carbocycles. The topological polar surface area (TPSA) is 98.7 Å². The Hall–Kier alpha value is -3.88. The Bertz CT molecular complexity index is 1150. The van der Waals surface area contributed by atoms with Gasteiger partial charge in [-0.1, -0.05) is 24.3 Å². The number of nitrogens with one attached hydrogen (secondary N) is 1. The first-order valence-corrected chi connectivity index (χ1v) is 9.24. The highest BCUT2D eigenvalue weighted by molar-refractivity contribution is 5.69. The van der Waals surface area contributed by atoms with Crippen LogP contribution in [-0.4, -0.2) is 44.8 Å². The second kappa shape index (κ2) is 8.64.